The Morgan fingerprint density at radius 3 is 2.52 bits per heavy atom. The molecule has 5 nitrogen and oxygen atoms in total. The molecule has 0 saturated heterocycles. The molecule has 124 valence electrons. The molecule has 0 radical (unpaired) electrons. The second-order valence-electron chi connectivity index (χ2n) is 6.06. The van der Waals surface area contributed by atoms with Gasteiger partial charge in [0.15, 0.2) is 0 Å². The Hall–Kier alpha value is -2.14. The maximum atomic E-state index is 11.5. The van der Waals surface area contributed by atoms with E-state index in [4.69, 9.17) is 5.73 Å². The lowest BCUT2D eigenvalue weighted by molar-refractivity contribution is 0.0963. The van der Waals surface area contributed by atoms with E-state index in [1.807, 2.05) is 18.3 Å². The lowest BCUT2D eigenvalue weighted by Crippen LogP contribution is -2.32. The minimum atomic E-state index is -0.0926. The van der Waals surface area contributed by atoms with E-state index in [2.05, 4.69) is 29.1 Å². The van der Waals surface area contributed by atoms with Crippen LogP contribution in [0.1, 0.15) is 37.0 Å². The molecule has 3 N–H and O–H groups in total. The molecule has 1 aliphatic rings. The van der Waals surface area contributed by atoms with Crippen molar-refractivity contribution >= 4 is 17.8 Å². The standard InChI is InChI=1S/C18H26N4O/c1-13(2)22-10-8-15(17(19)9-11-22)12-21-16-6-4-14(5-7-16)18(23)20-3/h4-7,12-13H,8-11,19H2,1-3H3,(H,20,23). The number of benzene rings is 1. The molecule has 1 aromatic rings. The average molecular weight is 314 g/mol. The number of amides is 1. The third kappa shape index (κ3) is 4.66. The van der Waals surface area contributed by atoms with Gasteiger partial charge in [0.1, 0.15) is 0 Å². The van der Waals surface area contributed by atoms with Crippen molar-refractivity contribution in [3.05, 3.63) is 41.1 Å². The first-order chi connectivity index (χ1) is 11.0. The molecule has 2 rings (SSSR count). The zero-order valence-corrected chi connectivity index (χ0v) is 14.2. The van der Waals surface area contributed by atoms with Crippen LogP contribution in [0.15, 0.2) is 40.5 Å². The van der Waals surface area contributed by atoms with Crippen LogP contribution in [0.5, 0.6) is 0 Å². The van der Waals surface area contributed by atoms with Gasteiger partial charge in [0.2, 0.25) is 0 Å². The fourth-order valence-electron chi connectivity index (χ4n) is 2.62. The first kappa shape index (κ1) is 17.2. The SMILES string of the molecule is CNC(=O)c1ccc(N=CC2=C(N)CCN(C(C)C)CC2)cc1. The monoisotopic (exact) mass is 314 g/mol. The summed E-state index contributed by atoms with van der Waals surface area (Å²) in [5.74, 6) is -0.0926. The van der Waals surface area contributed by atoms with Crippen LogP contribution in [0.25, 0.3) is 0 Å². The third-order valence-corrected chi connectivity index (χ3v) is 4.21. The van der Waals surface area contributed by atoms with Gasteiger partial charge in [-0.25, -0.2) is 0 Å². The van der Waals surface area contributed by atoms with Gasteiger partial charge in [-0.1, -0.05) is 0 Å². The number of hydrogen-bond donors (Lipinski definition) is 2. The Morgan fingerprint density at radius 2 is 1.91 bits per heavy atom. The number of nitrogens with two attached hydrogens (primary N) is 1. The fraction of sp³-hybridized carbons (Fsp3) is 0.444. The molecule has 0 aromatic heterocycles. The van der Waals surface area contributed by atoms with Gasteiger partial charge < -0.3 is 16.0 Å². The van der Waals surface area contributed by atoms with Crippen molar-refractivity contribution in [3.8, 4) is 0 Å². The van der Waals surface area contributed by atoms with E-state index in [-0.39, 0.29) is 5.91 Å². The topological polar surface area (TPSA) is 70.7 Å². The number of nitrogens with one attached hydrogen (secondary N) is 1. The second kappa shape index (κ2) is 7.92. The number of hydrogen-bond acceptors (Lipinski definition) is 4. The van der Waals surface area contributed by atoms with Gasteiger partial charge in [-0.05, 0) is 56.5 Å². The zero-order chi connectivity index (χ0) is 16.8. The lowest BCUT2D eigenvalue weighted by atomic mass is 10.1. The molecular weight excluding hydrogens is 288 g/mol. The smallest absolute Gasteiger partial charge is 0.251 e. The number of rotatable bonds is 4. The Bertz CT molecular complexity index is 602. The van der Waals surface area contributed by atoms with E-state index in [9.17, 15) is 4.79 Å². The van der Waals surface area contributed by atoms with Gasteiger partial charge in [-0.15, -0.1) is 0 Å². The molecule has 0 spiro atoms. The zero-order valence-electron chi connectivity index (χ0n) is 14.2. The van der Waals surface area contributed by atoms with Crippen LogP contribution in [0.2, 0.25) is 0 Å². The van der Waals surface area contributed by atoms with Crippen molar-refractivity contribution in [3.63, 3.8) is 0 Å². The molecule has 1 aliphatic heterocycles. The van der Waals surface area contributed by atoms with E-state index < -0.39 is 0 Å². The minimum absolute atomic E-state index is 0.0926. The van der Waals surface area contributed by atoms with E-state index in [1.165, 1.54) is 0 Å². The molecule has 1 heterocycles. The Kier molecular flexibility index (Phi) is 5.93. The van der Waals surface area contributed by atoms with Gasteiger partial charge in [0.05, 0.1) is 5.69 Å². The summed E-state index contributed by atoms with van der Waals surface area (Å²) in [4.78, 5) is 18.5. The van der Waals surface area contributed by atoms with Crippen LogP contribution in [-0.4, -0.2) is 43.2 Å². The summed E-state index contributed by atoms with van der Waals surface area (Å²) in [6.07, 6.45) is 3.67. The summed E-state index contributed by atoms with van der Waals surface area (Å²) in [5.41, 5.74) is 9.69. The maximum absolute atomic E-state index is 11.5. The Balaban J connectivity index is 2.05. The molecule has 0 bridgehead atoms. The summed E-state index contributed by atoms with van der Waals surface area (Å²) < 4.78 is 0. The summed E-state index contributed by atoms with van der Waals surface area (Å²) >= 11 is 0. The largest absolute Gasteiger partial charge is 0.402 e. The van der Waals surface area contributed by atoms with Gasteiger partial charge in [-0.3, -0.25) is 9.79 Å². The van der Waals surface area contributed by atoms with Crippen molar-refractivity contribution in [1.29, 1.82) is 0 Å². The number of nitrogens with zero attached hydrogens (tertiary/aromatic N) is 2. The van der Waals surface area contributed by atoms with E-state index in [0.717, 1.165) is 42.9 Å². The molecule has 0 unspecified atom stereocenters. The molecule has 0 fully saturated rings. The van der Waals surface area contributed by atoms with E-state index in [0.29, 0.717) is 11.6 Å². The predicted octanol–water partition coefficient (Wildman–Crippen LogP) is 2.47. The van der Waals surface area contributed by atoms with Gasteiger partial charge >= 0.3 is 0 Å². The van der Waals surface area contributed by atoms with E-state index >= 15 is 0 Å². The molecule has 5 heteroatoms. The highest BCUT2D eigenvalue weighted by atomic mass is 16.1. The van der Waals surface area contributed by atoms with Crippen molar-refractivity contribution in [2.24, 2.45) is 10.7 Å². The van der Waals surface area contributed by atoms with Crippen LogP contribution < -0.4 is 11.1 Å². The lowest BCUT2D eigenvalue weighted by Gasteiger charge is -2.24. The van der Waals surface area contributed by atoms with Crippen molar-refractivity contribution in [2.75, 3.05) is 20.1 Å². The molecule has 0 atom stereocenters. The average Bonchev–Trinajstić information content (AvgIpc) is 2.74. The van der Waals surface area contributed by atoms with Crippen LogP contribution in [0.3, 0.4) is 0 Å². The quantitative estimate of drug-likeness (QED) is 0.839. The summed E-state index contributed by atoms with van der Waals surface area (Å²) in [6.45, 7) is 6.43. The molecule has 1 aromatic carbocycles. The highest BCUT2D eigenvalue weighted by molar-refractivity contribution is 5.94. The summed E-state index contributed by atoms with van der Waals surface area (Å²) in [6, 6.07) is 7.77. The maximum Gasteiger partial charge on any atom is 0.251 e. The molecule has 23 heavy (non-hydrogen) atoms. The molecular formula is C18H26N4O. The van der Waals surface area contributed by atoms with E-state index in [1.54, 1.807) is 19.2 Å². The highest BCUT2D eigenvalue weighted by Crippen LogP contribution is 2.18. The van der Waals surface area contributed by atoms with Crippen LogP contribution in [-0.2, 0) is 0 Å². The highest BCUT2D eigenvalue weighted by Gasteiger charge is 2.15. The Labute approximate surface area is 138 Å². The Morgan fingerprint density at radius 1 is 1.26 bits per heavy atom. The first-order valence-electron chi connectivity index (χ1n) is 8.09. The fourth-order valence-corrected chi connectivity index (χ4v) is 2.62. The van der Waals surface area contributed by atoms with Crippen LogP contribution in [0.4, 0.5) is 5.69 Å². The van der Waals surface area contributed by atoms with Crippen molar-refractivity contribution in [1.82, 2.24) is 10.2 Å². The van der Waals surface area contributed by atoms with Gasteiger partial charge in [0, 0.05) is 43.7 Å². The van der Waals surface area contributed by atoms with Crippen molar-refractivity contribution in [2.45, 2.75) is 32.7 Å². The molecule has 1 amide bonds. The number of carbonyl (C=O) groups excluding carboxylic acids is 1. The normalized spacial score (nSPS) is 16.9. The van der Waals surface area contributed by atoms with Crippen LogP contribution >= 0.6 is 0 Å². The summed E-state index contributed by atoms with van der Waals surface area (Å²) in [7, 11) is 1.62. The number of aliphatic imine (C=N–C) groups is 1. The van der Waals surface area contributed by atoms with Crippen molar-refractivity contribution < 1.29 is 4.79 Å². The molecule has 0 saturated carbocycles. The first-order valence-corrected chi connectivity index (χ1v) is 8.09. The van der Waals surface area contributed by atoms with Gasteiger partial charge in [0.25, 0.3) is 5.91 Å². The van der Waals surface area contributed by atoms with Crippen LogP contribution in [0, 0.1) is 0 Å². The third-order valence-electron chi connectivity index (χ3n) is 4.21. The molecule has 0 aliphatic carbocycles. The number of carbonyl (C=O) groups is 1. The predicted molar refractivity (Wildman–Crippen MR) is 95.1 cm³/mol. The second-order valence-corrected chi connectivity index (χ2v) is 6.06. The minimum Gasteiger partial charge on any atom is -0.402 e. The van der Waals surface area contributed by atoms with Gasteiger partial charge in [-0.2, -0.15) is 0 Å². The summed E-state index contributed by atoms with van der Waals surface area (Å²) in [5, 5.41) is 2.60.